The Morgan fingerprint density at radius 3 is 2.73 bits per heavy atom. The summed E-state index contributed by atoms with van der Waals surface area (Å²) in [5.74, 6) is -0.969. The van der Waals surface area contributed by atoms with Crippen molar-refractivity contribution in [3.8, 4) is 0 Å². The third-order valence-electron chi connectivity index (χ3n) is 1.74. The fraction of sp³-hybridized carbons (Fsp3) is 0.714. The minimum absolute atomic E-state index is 0.0682. The Bertz CT molecular complexity index is 243. The number of guanidine groups is 1. The maximum Gasteiger partial charge on any atom is 0.320 e. The average Bonchev–Trinajstić information content (AvgIpc) is 2.17. The summed E-state index contributed by atoms with van der Waals surface area (Å²) in [4.78, 5) is 24.0. The molecular formula is C7H15N5O3. The second-order valence-corrected chi connectivity index (χ2v) is 2.79. The Balaban J connectivity index is 3.73. The van der Waals surface area contributed by atoms with Gasteiger partial charge in [-0.3, -0.25) is 9.79 Å². The van der Waals surface area contributed by atoms with Gasteiger partial charge in [0.2, 0.25) is 5.96 Å². The van der Waals surface area contributed by atoms with Crippen molar-refractivity contribution >= 4 is 11.9 Å². The summed E-state index contributed by atoms with van der Waals surface area (Å²) in [7, 11) is 1.58. The molecule has 0 aromatic rings. The van der Waals surface area contributed by atoms with Crippen molar-refractivity contribution in [2.24, 2.45) is 16.0 Å². The molecule has 5 N–H and O–H groups in total. The van der Waals surface area contributed by atoms with Gasteiger partial charge in [0.05, 0.1) is 5.29 Å². The SMILES string of the molecule is CN[C@@H](CCCN=C(N)NN=O)C(=O)O. The summed E-state index contributed by atoms with van der Waals surface area (Å²) in [6.45, 7) is 0.347. The van der Waals surface area contributed by atoms with Gasteiger partial charge in [0, 0.05) is 6.54 Å². The summed E-state index contributed by atoms with van der Waals surface area (Å²) in [5.41, 5.74) is 7.14. The summed E-state index contributed by atoms with van der Waals surface area (Å²) in [5, 5.41) is 13.7. The fourth-order valence-electron chi connectivity index (χ4n) is 0.968. The largest absolute Gasteiger partial charge is 0.480 e. The standard InChI is InChI=1S/C7H15N5O3/c1-9-5(6(13)14)3-2-4-10-7(8)11-12-15/h5,9H,2-4H2,1H3,(H,13,14)(H3,8,10,11,15)/t5-/m0/s1. The molecule has 15 heavy (non-hydrogen) atoms. The lowest BCUT2D eigenvalue weighted by atomic mass is 10.1. The van der Waals surface area contributed by atoms with Gasteiger partial charge in [0.15, 0.2) is 0 Å². The second-order valence-electron chi connectivity index (χ2n) is 2.79. The van der Waals surface area contributed by atoms with Crippen LogP contribution < -0.4 is 16.5 Å². The number of hydrogen-bond acceptors (Lipinski definition) is 5. The lowest BCUT2D eigenvalue weighted by Crippen LogP contribution is -2.34. The smallest absolute Gasteiger partial charge is 0.320 e. The molecule has 0 spiro atoms. The monoisotopic (exact) mass is 217 g/mol. The first-order chi connectivity index (χ1) is 7.11. The van der Waals surface area contributed by atoms with E-state index in [1.807, 2.05) is 5.43 Å². The number of nitrogens with zero attached hydrogens (tertiary/aromatic N) is 2. The lowest BCUT2D eigenvalue weighted by Gasteiger charge is -2.09. The van der Waals surface area contributed by atoms with Gasteiger partial charge in [0.25, 0.3) is 0 Å². The van der Waals surface area contributed by atoms with Gasteiger partial charge in [-0.2, -0.15) is 0 Å². The summed E-state index contributed by atoms with van der Waals surface area (Å²) >= 11 is 0. The number of nitroso groups, excluding NO2 is 1. The van der Waals surface area contributed by atoms with E-state index >= 15 is 0 Å². The quantitative estimate of drug-likeness (QED) is 0.143. The number of rotatable bonds is 7. The molecule has 0 aliphatic rings. The van der Waals surface area contributed by atoms with Crippen molar-refractivity contribution in [2.45, 2.75) is 18.9 Å². The zero-order chi connectivity index (χ0) is 11.7. The second kappa shape index (κ2) is 7.68. The molecule has 86 valence electrons. The van der Waals surface area contributed by atoms with Gasteiger partial charge in [-0.25, -0.2) is 5.43 Å². The van der Waals surface area contributed by atoms with Crippen LogP contribution in [0.5, 0.6) is 0 Å². The van der Waals surface area contributed by atoms with Crippen molar-refractivity contribution in [1.29, 1.82) is 0 Å². The number of likely N-dealkylation sites (N-methyl/N-ethyl adjacent to an activating group) is 1. The molecule has 0 aromatic heterocycles. The molecule has 0 aliphatic carbocycles. The molecule has 0 heterocycles. The first-order valence-corrected chi connectivity index (χ1v) is 4.40. The predicted molar refractivity (Wildman–Crippen MR) is 55.1 cm³/mol. The van der Waals surface area contributed by atoms with Crippen molar-refractivity contribution in [3.63, 3.8) is 0 Å². The van der Waals surface area contributed by atoms with Gasteiger partial charge in [0.1, 0.15) is 6.04 Å². The minimum Gasteiger partial charge on any atom is -0.480 e. The number of aliphatic imine (C=N–C) groups is 1. The van der Waals surface area contributed by atoms with Gasteiger partial charge in [-0.05, 0) is 19.9 Å². The lowest BCUT2D eigenvalue weighted by molar-refractivity contribution is -0.139. The average molecular weight is 217 g/mol. The molecule has 0 aromatic carbocycles. The first kappa shape index (κ1) is 13.3. The van der Waals surface area contributed by atoms with Crippen LogP contribution in [0.3, 0.4) is 0 Å². The number of carboxylic acid groups (broad SMARTS) is 1. The molecule has 0 bridgehead atoms. The molecule has 0 saturated carbocycles. The van der Waals surface area contributed by atoms with E-state index in [0.717, 1.165) is 0 Å². The molecular weight excluding hydrogens is 202 g/mol. The molecule has 0 aliphatic heterocycles. The van der Waals surface area contributed by atoms with Crippen molar-refractivity contribution in [2.75, 3.05) is 13.6 Å². The summed E-state index contributed by atoms with van der Waals surface area (Å²) in [6.07, 6.45) is 0.996. The van der Waals surface area contributed by atoms with Crippen LogP contribution >= 0.6 is 0 Å². The molecule has 0 saturated heterocycles. The highest BCUT2D eigenvalue weighted by Gasteiger charge is 2.13. The predicted octanol–water partition coefficient (Wildman–Crippen LogP) is -0.975. The maximum atomic E-state index is 10.6. The first-order valence-electron chi connectivity index (χ1n) is 4.40. The molecule has 0 radical (unpaired) electrons. The zero-order valence-corrected chi connectivity index (χ0v) is 8.43. The van der Waals surface area contributed by atoms with Gasteiger partial charge < -0.3 is 16.2 Å². The van der Waals surface area contributed by atoms with Crippen LogP contribution in [-0.2, 0) is 4.79 Å². The number of carbonyl (C=O) groups is 1. The number of carboxylic acids is 1. The molecule has 8 heteroatoms. The van der Waals surface area contributed by atoms with Gasteiger partial charge in [-0.1, -0.05) is 0 Å². The Morgan fingerprint density at radius 1 is 1.60 bits per heavy atom. The van der Waals surface area contributed by atoms with Crippen LogP contribution in [0.1, 0.15) is 12.8 Å². The zero-order valence-electron chi connectivity index (χ0n) is 8.43. The fourth-order valence-corrected chi connectivity index (χ4v) is 0.968. The van der Waals surface area contributed by atoms with E-state index in [4.69, 9.17) is 10.8 Å². The van der Waals surface area contributed by atoms with Crippen LogP contribution in [0.4, 0.5) is 0 Å². The number of nitrogens with one attached hydrogen (secondary N) is 2. The van der Waals surface area contributed by atoms with Crippen LogP contribution in [0.25, 0.3) is 0 Å². The highest BCUT2D eigenvalue weighted by Crippen LogP contribution is 1.97. The third kappa shape index (κ3) is 6.38. The van der Waals surface area contributed by atoms with Crippen LogP contribution in [0, 0.1) is 4.91 Å². The molecule has 0 amide bonds. The van der Waals surface area contributed by atoms with Crippen LogP contribution in [0.2, 0.25) is 0 Å². The number of aliphatic carboxylic acids is 1. The van der Waals surface area contributed by atoms with E-state index in [0.29, 0.717) is 19.4 Å². The Labute approximate surface area is 86.9 Å². The molecule has 0 rings (SSSR count). The van der Waals surface area contributed by atoms with E-state index in [2.05, 4.69) is 15.6 Å². The van der Waals surface area contributed by atoms with E-state index < -0.39 is 12.0 Å². The molecule has 1 atom stereocenters. The van der Waals surface area contributed by atoms with E-state index in [1.54, 1.807) is 7.05 Å². The van der Waals surface area contributed by atoms with Crippen molar-refractivity contribution < 1.29 is 9.90 Å². The number of nitrogens with two attached hydrogens (primary N) is 1. The molecule has 8 nitrogen and oxygen atoms in total. The van der Waals surface area contributed by atoms with E-state index in [1.165, 1.54) is 0 Å². The van der Waals surface area contributed by atoms with Gasteiger partial charge >= 0.3 is 5.97 Å². The van der Waals surface area contributed by atoms with Crippen LogP contribution in [-0.4, -0.2) is 36.7 Å². The Hall–Kier alpha value is -1.70. The maximum absolute atomic E-state index is 10.6. The van der Waals surface area contributed by atoms with E-state index in [9.17, 15) is 9.70 Å². The number of hydrogen-bond donors (Lipinski definition) is 4. The molecule has 0 unspecified atom stereocenters. The Morgan fingerprint density at radius 2 is 2.27 bits per heavy atom. The van der Waals surface area contributed by atoms with Gasteiger partial charge in [-0.15, -0.1) is 4.91 Å². The minimum atomic E-state index is -0.901. The topological polar surface area (TPSA) is 129 Å². The van der Waals surface area contributed by atoms with Crippen LogP contribution in [0.15, 0.2) is 10.3 Å². The summed E-state index contributed by atoms with van der Waals surface area (Å²) in [6, 6.07) is -0.585. The summed E-state index contributed by atoms with van der Waals surface area (Å²) < 4.78 is 0. The van der Waals surface area contributed by atoms with Crippen molar-refractivity contribution in [3.05, 3.63) is 4.91 Å². The molecule has 0 fully saturated rings. The third-order valence-corrected chi connectivity index (χ3v) is 1.74. The van der Waals surface area contributed by atoms with Crippen molar-refractivity contribution in [1.82, 2.24) is 10.7 Å². The normalized spacial score (nSPS) is 13.3. The highest BCUT2D eigenvalue weighted by atomic mass is 16.4. The van der Waals surface area contributed by atoms with E-state index in [-0.39, 0.29) is 5.96 Å². The highest BCUT2D eigenvalue weighted by molar-refractivity contribution is 5.77. The Kier molecular flexibility index (Phi) is 6.81.